The molecule has 1 atom stereocenters. The lowest BCUT2D eigenvalue weighted by Crippen LogP contribution is -2.32. The number of hydrogen-bond donors (Lipinski definition) is 2. The van der Waals surface area contributed by atoms with Gasteiger partial charge in [-0.25, -0.2) is 10.2 Å². The third kappa shape index (κ3) is 8.77. The van der Waals surface area contributed by atoms with Crippen LogP contribution in [0.2, 0.25) is 0 Å². The Bertz CT molecular complexity index is 1020. The average Bonchev–Trinajstić information content (AvgIpc) is 3.17. The van der Waals surface area contributed by atoms with Crippen LogP contribution in [0.4, 0.5) is 0 Å². The van der Waals surface area contributed by atoms with Gasteiger partial charge in [0.15, 0.2) is 0 Å². The zero-order valence-electron chi connectivity index (χ0n) is 21.4. The van der Waals surface area contributed by atoms with Crippen molar-refractivity contribution < 1.29 is 33.5 Å². The summed E-state index contributed by atoms with van der Waals surface area (Å²) in [5, 5.41) is 4.88. The first-order valence-electron chi connectivity index (χ1n) is 12.7. The molecule has 0 aromatic heterocycles. The number of amides is 3. The number of unbranched alkanes of at least 4 members (excludes halogenated alkanes) is 2. The smallest absolute Gasteiger partial charge is 0.333 e. The second-order valence-electron chi connectivity index (χ2n) is 9.48. The van der Waals surface area contributed by atoms with Gasteiger partial charge in [-0.15, -0.1) is 5.06 Å². The molecule has 0 radical (unpaired) electrons. The van der Waals surface area contributed by atoms with Gasteiger partial charge in [0.1, 0.15) is 11.5 Å². The van der Waals surface area contributed by atoms with Gasteiger partial charge in [-0.2, -0.15) is 17.7 Å². The van der Waals surface area contributed by atoms with E-state index in [9.17, 15) is 19.2 Å². The largest absolute Gasteiger partial charge is 0.493 e. The number of rotatable bonds is 13. The molecule has 11 heteroatoms. The molecule has 3 rings (SSSR count). The van der Waals surface area contributed by atoms with Gasteiger partial charge in [0, 0.05) is 42.1 Å². The second-order valence-corrected chi connectivity index (χ2v) is 10.6. The monoisotopic (exact) mass is 533 g/mol. The van der Waals surface area contributed by atoms with E-state index in [-0.39, 0.29) is 42.9 Å². The Labute approximate surface area is 222 Å². The van der Waals surface area contributed by atoms with Gasteiger partial charge in [0.25, 0.3) is 11.8 Å². The van der Waals surface area contributed by atoms with E-state index in [0.29, 0.717) is 36.0 Å². The number of nitrogens with one attached hydrogen (secondary N) is 1. The molecule has 202 valence electrons. The maximum Gasteiger partial charge on any atom is 0.333 e. The zero-order valence-corrected chi connectivity index (χ0v) is 22.3. The van der Waals surface area contributed by atoms with Crippen molar-refractivity contribution in [3.8, 4) is 11.5 Å². The molecule has 0 bridgehead atoms. The summed E-state index contributed by atoms with van der Waals surface area (Å²) in [6.45, 7) is 4.77. The molecule has 0 saturated carbocycles. The van der Waals surface area contributed by atoms with Gasteiger partial charge in [0.2, 0.25) is 5.91 Å². The number of nitrogens with zero attached hydrogens (tertiary/aromatic N) is 2. The Hall–Kier alpha value is -3.08. The summed E-state index contributed by atoms with van der Waals surface area (Å²) in [4.78, 5) is 52.2. The lowest BCUT2D eigenvalue weighted by atomic mass is 9.98. The van der Waals surface area contributed by atoms with Crippen LogP contribution in [0.5, 0.6) is 11.5 Å². The number of carbonyl (C=O) groups excluding carboxylic acids is 4. The average molecular weight is 534 g/mol. The first-order chi connectivity index (χ1) is 17.7. The van der Waals surface area contributed by atoms with Crippen LogP contribution in [0.25, 0.3) is 0 Å². The van der Waals surface area contributed by atoms with Gasteiger partial charge in [-0.1, -0.05) is 33.1 Å². The minimum absolute atomic E-state index is 0.00105. The van der Waals surface area contributed by atoms with Gasteiger partial charge in [-0.3, -0.25) is 14.4 Å². The highest BCUT2D eigenvalue weighted by Crippen LogP contribution is 2.30. The van der Waals surface area contributed by atoms with Crippen molar-refractivity contribution in [1.82, 2.24) is 10.5 Å². The predicted molar refractivity (Wildman–Crippen MR) is 139 cm³/mol. The molecule has 3 amide bonds. The Kier molecular flexibility index (Phi) is 10.4. The van der Waals surface area contributed by atoms with Crippen LogP contribution in [0.3, 0.4) is 0 Å². The number of ether oxygens (including phenoxy) is 2. The number of carbonyl (C=O) groups is 4. The van der Waals surface area contributed by atoms with Crippen molar-refractivity contribution in [1.29, 1.82) is 0 Å². The molecule has 0 aliphatic carbocycles. The number of fused-ring (bicyclic) bond motifs is 1. The summed E-state index contributed by atoms with van der Waals surface area (Å²) < 4.78 is 11.1. The summed E-state index contributed by atoms with van der Waals surface area (Å²) >= 11 is 4.66. The lowest BCUT2D eigenvalue weighted by Gasteiger charge is -2.23. The molecular weight excluding hydrogens is 498 g/mol. The molecule has 1 unspecified atom stereocenters. The lowest BCUT2D eigenvalue weighted by molar-refractivity contribution is -0.197. The van der Waals surface area contributed by atoms with Gasteiger partial charge in [-0.05, 0) is 25.0 Å². The number of imide groups is 1. The predicted octanol–water partition coefficient (Wildman–Crippen LogP) is 3.71. The maximum absolute atomic E-state index is 12.4. The summed E-state index contributed by atoms with van der Waals surface area (Å²) in [7, 11) is 0. The van der Waals surface area contributed by atoms with Gasteiger partial charge < -0.3 is 14.3 Å². The van der Waals surface area contributed by atoms with E-state index in [0.717, 1.165) is 37.0 Å². The molecule has 2 heterocycles. The molecule has 0 spiro atoms. The summed E-state index contributed by atoms with van der Waals surface area (Å²) in [6.07, 6.45) is 5.45. The molecule has 1 fully saturated rings. The number of hydrazone groups is 1. The first kappa shape index (κ1) is 28.5. The number of hydrogen-bond acceptors (Lipinski definition) is 9. The van der Waals surface area contributed by atoms with E-state index in [2.05, 4.69) is 30.1 Å². The number of hydroxylamine groups is 2. The zero-order chi connectivity index (χ0) is 26.8. The minimum Gasteiger partial charge on any atom is -0.493 e. The molecule has 1 aromatic rings. The summed E-state index contributed by atoms with van der Waals surface area (Å²) in [5.41, 5.74) is 4.16. The molecule has 1 N–H and O–H groups in total. The molecule has 2 aliphatic rings. The van der Waals surface area contributed by atoms with Crippen LogP contribution in [0.1, 0.15) is 83.6 Å². The van der Waals surface area contributed by atoms with Crippen LogP contribution < -0.4 is 14.9 Å². The summed E-state index contributed by atoms with van der Waals surface area (Å²) in [6, 6.07) is 5.33. The molecular formula is C26H35N3O7S. The highest BCUT2D eigenvalue weighted by Gasteiger charge is 2.32. The van der Waals surface area contributed by atoms with E-state index in [1.807, 2.05) is 13.0 Å². The fourth-order valence-corrected chi connectivity index (χ4v) is 4.33. The van der Waals surface area contributed by atoms with Crippen molar-refractivity contribution in [2.75, 3.05) is 13.2 Å². The van der Waals surface area contributed by atoms with Gasteiger partial charge >= 0.3 is 5.97 Å². The van der Waals surface area contributed by atoms with Crippen molar-refractivity contribution in [3.63, 3.8) is 0 Å². The normalized spacial score (nSPS) is 17.7. The Morgan fingerprint density at radius 2 is 1.92 bits per heavy atom. The number of benzene rings is 1. The maximum atomic E-state index is 12.4. The molecule has 1 saturated heterocycles. The van der Waals surface area contributed by atoms with Crippen LogP contribution in [0, 0.1) is 0 Å². The Morgan fingerprint density at radius 3 is 2.65 bits per heavy atom. The topological polar surface area (TPSA) is 124 Å². The van der Waals surface area contributed by atoms with Crippen LogP contribution in [-0.2, 0) is 24.0 Å². The quantitative estimate of drug-likeness (QED) is 0.171. The van der Waals surface area contributed by atoms with Crippen LogP contribution >= 0.6 is 12.6 Å². The van der Waals surface area contributed by atoms with Gasteiger partial charge in [0.05, 0.1) is 25.3 Å². The third-order valence-electron chi connectivity index (χ3n) is 6.03. The Morgan fingerprint density at radius 1 is 1.16 bits per heavy atom. The molecule has 10 nitrogen and oxygen atoms in total. The van der Waals surface area contributed by atoms with Crippen LogP contribution in [-0.4, -0.2) is 52.4 Å². The van der Waals surface area contributed by atoms with E-state index in [4.69, 9.17) is 14.3 Å². The highest BCUT2D eigenvalue weighted by atomic mass is 32.1. The third-order valence-corrected chi connectivity index (χ3v) is 6.41. The van der Waals surface area contributed by atoms with E-state index >= 15 is 0 Å². The molecule has 2 aliphatic heterocycles. The fraction of sp³-hybridized carbons (Fsp3) is 0.577. The fourth-order valence-electron chi connectivity index (χ4n) is 4.03. The van der Waals surface area contributed by atoms with E-state index in [1.54, 1.807) is 12.1 Å². The molecule has 1 aromatic carbocycles. The minimum atomic E-state index is -0.664. The highest BCUT2D eigenvalue weighted by molar-refractivity contribution is 7.81. The standard InChI is InChI=1S/C26H35N3O7S/c1-3-4-5-13-26(2,37)17-22(30)28-27-20-12-15-35-21-16-18(8-9-19(20)21)34-14-6-7-25(33)36-29-23(31)10-11-24(29)32/h8-9,16,37H,3-7,10-15,17H2,1-2H3,(H,28,30)/b27-20+. The molecule has 37 heavy (non-hydrogen) atoms. The second kappa shape index (κ2) is 13.5. The van der Waals surface area contributed by atoms with Crippen molar-refractivity contribution in [3.05, 3.63) is 23.8 Å². The van der Waals surface area contributed by atoms with Crippen molar-refractivity contribution in [2.45, 2.75) is 82.8 Å². The van der Waals surface area contributed by atoms with Crippen LogP contribution in [0.15, 0.2) is 23.3 Å². The Balaban J connectivity index is 1.46. The van der Waals surface area contributed by atoms with E-state index < -0.39 is 17.8 Å². The SMILES string of the molecule is CCCCCC(C)(S)CC(=O)N/N=C1\CCOc2cc(OCCCC(=O)ON3C(=O)CCC3=O)ccc21. The van der Waals surface area contributed by atoms with E-state index in [1.165, 1.54) is 0 Å². The van der Waals surface area contributed by atoms with Crippen molar-refractivity contribution >= 4 is 42.0 Å². The number of thiol groups is 1. The van der Waals surface area contributed by atoms with Crippen molar-refractivity contribution in [2.24, 2.45) is 5.10 Å². The summed E-state index contributed by atoms with van der Waals surface area (Å²) in [5.74, 6) is -0.696. The first-order valence-corrected chi connectivity index (χ1v) is 13.2.